The van der Waals surface area contributed by atoms with Crippen LogP contribution in [0.25, 0.3) is 0 Å². The van der Waals surface area contributed by atoms with Crippen LogP contribution in [0.4, 0.5) is 11.4 Å². The van der Waals surface area contributed by atoms with Crippen LogP contribution in [-0.2, 0) is 11.2 Å². The standard InChI is InChI=1S/C18H19N3O4S/c1-3-12-6-4-5-11(2)17(12)20-16(22)10-26-15-8-7-13(18(19)23)9-14(15)21(24)25/h4-9H,3,10H2,1-2H3,(H2,19,23)(H,20,22). The SMILES string of the molecule is CCc1cccc(C)c1NC(=O)CSc1ccc(C(N)=O)cc1[N+](=O)[O-]. The van der Waals surface area contributed by atoms with Crippen LogP contribution in [0.15, 0.2) is 41.3 Å². The van der Waals surface area contributed by atoms with Gasteiger partial charge in [-0.1, -0.05) is 25.1 Å². The number of nitrogens with zero attached hydrogens (tertiary/aromatic N) is 1. The molecular formula is C18H19N3O4S. The number of aryl methyl sites for hydroxylation is 2. The van der Waals surface area contributed by atoms with Gasteiger partial charge in [0.05, 0.1) is 15.6 Å². The van der Waals surface area contributed by atoms with Crippen LogP contribution in [-0.4, -0.2) is 22.5 Å². The minimum atomic E-state index is -0.742. The predicted octanol–water partition coefficient (Wildman–Crippen LogP) is 3.30. The van der Waals surface area contributed by atoms with Crippen molar-refractivity contribution in [2.45, 2.75) is 25.2 Å². The largest absolute Gasteiger partial charge is 0.366 e. The number of hydrogen-bond acceptors (Lipinski definition) is 5. The Morgan fingerprint density at radius 2 is 2.00 bits per heavy atom. The number of nitro benzene ring substituents is 1. The molecule has 136 valence electrons. The summed E-state index contributed by atoms with van der Waals surface area (Å²) in [6.07, 6.45) is 0.782. The van der Waals surface area contributed by atoms with Crippen molar-refractivity contribution in [2.24, 2.45) is 5.73 Å². The van der Waals surface area contributed by atoms with Gasteiger partial charge < -0.3 is 11.1 Å². The van der Waals surface area contributed by atoms with Gasteiger partial charge in [-0.05, 0) is 36.6 Å². The zero-order valence-electron chi connectivity index (χ0n) is 14.4. The summed E-state index contributed by atoms with van der Waals surface area (Å²) in [6.45, 7) is 3.91. The molecule has 7 nitrogen and oxygen atoms in total. The number of anilines is 1. The van der Waals surface area contributed by atoms with E-state index < -0.39 is 10.8 Å². The van der Waals surface area contributed by atoms with Crippen molar-refractivity contribution < 1.29 is 14.5 Å². The molecule has 0 spiro atoms. The van der Waals surface area contributed by atoms with E-state index in [1.165, 1.54) is 12.1 Å². The van der Waals surface area contributed by atoms with Gasteiger partial charge in [0.1, 0.15) is 0 Å². The lowest BCUT2D eigenvalue weighted by Gasteiger charge is -2.13. The van der Waals surface area contributed by atoms with Crippen molar-refractivity contribution in [1.82, 2.24) is 0 Å². The van der Waals surface area contributed by atoms with E-state index in [1.807, 2.05) is 32.0 Å². The van der Waals surface area contributed by atoms with Crippen molar-refractivity contribution in [3.63, 3.8) is 0 Å². The zero-order chi connectivity index (χ0) is 19.3. The van der Waals surface area contributed by atoms with Crippen molar-refractivity contribution in [3.8, 4) is 0 Å². The molecule has 0 aromatic heterocycles. The molecule has 0 unspecified atom stereocenters. The second-order valence-corrected chi connectivity index (χ2v) is 6.62. The topological polar surface area (TPSA) is 115 Å². The number of para-hydroxylation sites is 1. The molecular weight excluding hydrogens is 354 g/mol. The average Bonchev–Trinajstić information content (AvgIpc) is 2.61. The predicted molar refractivity (Wildman–Crippen MR) is 102 cm³/mol. The average molecular weight is 373 g/mol. The summed E-state index contributed by atoms with van der Waals surface area (Å²) < 4.78 is 0. The smallest absolute Gasteiger partial charge is 0.283 e. The molecule has 0 aliphatic carbocycles. The van der Waals surface area contributed by atoms with Crippen LogP contribution in [0.3, 0.4) is 0 Å². The van der Waals surface area contributed by atoms with E-state index in [-0.39, 0.29) is 22.9 Å². The molecule has 0 saturated heterocycles. The Morgan fingerprint density at radius 1 is 1.27 bits per heavy atom. The van der Waals surface area contributed by atoms with E-state index in [1.54, 1.807) is 0 Å². The molecule has 2 aromatic rings. The molecule has 8 heteroatoms. The Labute approximate surface area is 155 Å². The maximum atomic E-state index is 12.3. The number of rotatable bonds is 7. The minimum absolute atomic E-state index is 0.00818. The second-order valence-electron chi connectivity index (χ2n) is 5.60. The van der Waals surface area contributed by atoms with Crippen molar-refractivity contribution in [1.29, 1.82) is 0 Å². The highest BCUT2D eigenvalue weighted by Crippen LogP contribution is 2.30. The lowest BCUT2D eigenvalue weighted by molar-refractivity contribution is -0.387. The summed E-state index contributed by atoms with van der Waals surface area (Å²) in [5.41, 5.74) is 7.72. The van der Waals surface area contributed by atoms with Gasteiger partial charge >= 0.3 is 0 Å². The summed E-state index contributed by atoms with van der Waals surface area (Å²) in [5.74, 6) is -0.991. The van der Waals surface area contributed by atoms with Gasteiger partial charge in [-0.3, -0.25) is 19.7 Å². The van der Waals surface area contributed by atoms with E-state index in [9.17, 15) is 19.7 Å². The second kappa shape index (κ2) is 8.48. The summed E-state index contributed by atoms with van der Waals surface area (Å²) >= 11 is 1.04. The van der Waals surface area contributed by atoms with E-state index in [0.29, 0.717) is 4.90 Å². The van der Waals surface area contributed by atoms with Crippen LogP contribution in [0.2, 0.25) is 0 Å². The maximum Gasteiger partial charge on any atom is 0.283 e. The highest BCUT2D eigenvalue weighted by atomic mass is 32.2. The van der Waals surface area contributed by atoms with Crippen LogP contribution >= 0.6 is 11.8 Å². The molecule has 0 saturated carbocycles. The fourth-order valence-corrected chi connectivity index (χ4v) is 3.26. The molecule has 0 bridgehead atoms. The molecule has 2 aromatic carbocycles. The summed E-state index contributed by atoms with van der Waals surface area (Å²) in [7, 11) is 0. The monoisotopic (exact) mass is 373 g/mol. The first-order valence-corrected chi connectivity index (χ1v) is 8.91. The third kappa shape index (κ3) is 4.60. The lowest BCUT2D eigenvalue weighted by Crippen LogP contribution is -2.16. The number of carbonyl (C=O) groups excluding carboxylic acids is 2. The normalized spacial score (nSPS) is 10.4. The third-order valence-corrected chi connectivity index (χ3v) is 4.87. The molecule has 0 aliphatic heterocycles. The molecule has 26 heavy (non-hydrogen) atoms. The molecule has 0 radical (unpaired) electrons. The molecule has 2 amide bonds. The molecule has 0 atom stereocenters. The Hall–Kier alpha value is -2.87. The Kier molecular flexibility index (Phi) is 6.35. The van der Waals surface area contributed by atoms with Crippen LogP contribution < -0.4 is 11.1 Å². The van der Waals surface area contributed by atoms with Gasteiger partial charge in [0.25, 0.3) is 5.69 Å². The van der Waals surface area contributed by atoms with Gasteiger partial charge in [0, 0.05) is 17.3 Å². The Balaban J connectivity index is 2.13. The number of nitrogens with one attached hydrogen (secondary N) is 1. The molecule has 2 rings (SSSR count). The molecule has 0 fully saturated rings. The van der Waals surface area contributed by atoms with Gasteiger partial charge in [-0.15, -0.1) is 11.8 Å². The fraction of sp³-hybridized carbons (Fsp3) is 0.222. The first kappa shape index (κ1) is 19.5. The highest BCUT2D eigenvalue weighted by Gasteiger charge is 2.18. The number of nitrogens with two attached hydrogens (primary N) is 1. The zero-order valence-corrected chi connectivity index (χ0v) is 15.3. The van der Waals surface area contributed by atoms with Gasteiger partial charge in [-0.25, -0.2) is 0 Å². The minimum Gasteiger partial charge on any atom is -0.366 e. The van der Waals surface area contributed by atoms with Crippen LogP contribution in [0, 0.1) is 17.0 Å². The Morgan fingerprint density at radius 3 is 2.62 bits per heavy atom. The van der Waals surface area contributed by atoms with Crippen molar-refractivity contribution >= 4 is 35.0 Å². The number of thioether (sulfide) groups is 1. The Bertz CT molecular complexity index is 868. The molecule has 0 heterocycles. The first-order valence-electron chi connectivity index (χ1n) is 7.92. The summed E-state index contributed by atoms with van der Waals surface area (Å²) in [4.78, 5) is 34.4. The van der Waals surface area contributed by atoms with Crippen LogP contribution in [0.1, 0.15) is 28.4 Å². The number of amides is 2. The summed E-state index contributed by atoms with van der Waals surface area (Å²) in [6, 6.07) is 9.76. The first-order chi connectivity index (χ1) is 12.3. The highest BCUT2D eigenvalue weighted by molar-refractivity contribution is 8.00. The van der Waals surface area contributed by atoms with Crippen LogP contribution in [0.5, 0.6) is 0 Å². The third-order valence-electron chi connectivity index (χ3n) is 3.80. The van der Waals surface area contributed by atoms with E-state index >= 15 is 0 Å². The quantitative estimate of drug-likeness (QED) is 0.439. The lowest BCUT2D eigenvalue weighted by atomic mass is 10.1. The fourth-order valence-electron chi connectivity index (χ4n) is 2.46. The van der Waals surface area contributed by atoms with E-state index in [0.717, 1.165) is 41.1 Å². The van der Waals surface area contributed by atoms with E-state index in [4.69, 9.17) is 5.73 Å². The van der Waals surface area contributed by atoms with Crippen molar-refractivity contribution in [2.75, 3.05) is 11.1 Å². The van der Waals surface area contributed by atoms with Gasteiger partial charge in [0.15, 0.2) is 0 Å². The van der Waals surface area contributed by atoms with Crippen molar-refractivity contribution in [3.05, 3.63) is 63.2 Å². The van der Waals surface area contributed by atoms with Gasteiger partial charge in [-0.2, -0.15) is 0 Å². The van der Waals surface area contributed by atoms with E-state index in [2.05, 4.69) is 5.32 Å². The summed E-state index contributed by atoms with van der Waals surface area (Å²) in [5, 5.41) is 14.1. The number of carbonyl (C=O) groups is 2. The number of hydrogen-bond donors (Lipinski definition) is 2. The van der Waals surface area contributed by atoms with Gasteiger partial charge in [0.2, 0.25) is 11.8 Å². The number of nitro groups is 1. The number of primary amides is 1. The number of benzene rings is 2. The molecule has 3 N–H and O–H groups in total. The molecule has 0 aliphatic rings. The maximum absolute atomic E-state index is 12.3.